The van der Waals surface area contributed by atoms with Crippen molar-refractivity contribution in [2.75, 3.05) is 16.4 Å². The summed E-state index contributed by atoms with van der Waals surface area (Å²) in [6.07, 6.45) is 0. The number of carbonyl (C=O) groups is 2. The summed E-state index contributed by atoms with van der Waals surface area (Å²) >= 11 is 13.3. The Morgan fingerprint density at radius 2 is 1.60 bits per heavy atom. The second kappa shape index (κ2) is 8.47. The second-order valence-corrected chi connectivity index (χ2v) is 7.54. The lowest BCUT2D eigenvalue weighted by molar-refractivity contribution is -0.115. The minimum atomic E-state index is -0.346. The van der Waals surface area contributed by atoms with Crippen molar-refractivity contribution in [1.29, 1.82) is 0 Å². The second-order valence-electron chi connectivity index (χ2n) is 5.31. The molecule has 0 aliphatic carbocycles. The maximum atomic E-state index is 12.3. The van der Waals surface area contributed by atoms with Gasteiger partial charge in [0.05, 0.1) is 21.0 Å². The third-order valence-electron chi connectivity index (χ3n) is 3.20. The van der Waals surface area contributed by atoms with Crippen molar-refractivity contribution < 1.29 is 9.59 Å². The van der Waals surface area contributed by atoms with Crippen LogP contribution in [0.2, 0.25) is 10.0 Å². The molecule has 0 aliphatic rings. The summed E-state index contributed by atoms with van der Waals surface area (Å²) in [6, 6.07) is 10.4. The van der Waals surface area contributed by atoms with Crippen molar-refractivity contribution in [3.8, 4) is 0 Å². The maximum absolute atomic E-state index is 12.3. The number of carbonyl (C=O) groups excluding carboxylic acids is 2. The Bertz CT molecular complexity index is 774. The quantitative estimate of drug-likeness (QED) is 0.506. The van der Waals surface area contributed by atoms with Crippen LogP contribution in [0.3, 0.4) is 0 Å². The average molecular weight is 398 g/mol. The molecule has 0 saturated carbocycles. The molecule has 5 nitrogen and oxygen atoms in total. The maximum Gasteiger partial charge on any atom is 0.237 e. The first-order chi connectivity index (χ1) is 11.8. The van der Waals surface area contributed by atoms with Crippen molar-refractivity contribution in [2.24, 2.45) is 0 Å². The van der Waals surface area contributed by atoms with Crippen molar-refractivity contribution >= 4 is 63.8 Å². The number of hydrogen-bond acceptors (Lipinski definition) is 4. The summed E-state index contributed by atoms with van der Waals surface area (Å²) in [5, 5.41) is 5.69. The van der Waals surface area contributed by atoms with Crippen LogP contribution in [0.5, 0.6) is 0 Å². The van der Waals surface area contributed by atoms with Gasteiger partial charge in [-0.1, -0.05) is 23.2 Å². The Labute approximate surface area is 160 Å². The minimum Gasteiger partial charge on any atom is -0.396 e. The van der Waals surface area contributed by atoms with Crippen molar-refractivity contribution in [3.63, 3.8) is 0 Å². The van der Waals surface area contributed by atoms with Crippen molar-refractivity contribution in [1.82, 2.24) is 0 Å². The Balaban J connectivity index is 1.99. The highest BCUT2D eigenvalue weighted by molar-refractivity contribution is 8.00. The van der Waals surface area contributed by atoms with Gasteiger partial charge in [0.1, 0.15) is 0 Å². The van der Waals surface area contributed by atoms with E-state index in [2.05, 4.69) is 10.6 Å². The molecule has 2 amide bonds. The Kier molecular flexibility index (Phi) is 6.58. The molecule has 0 spiro atoms. The van der Waals surface area contributed by atoms with E-state index in [1.165, 1.54) is 18.7 Å². The van der Waals surface area contributed by atoms with Gasteiger partial charge in [-0.2, -0.15) is 0 Å². The van der Waals surface area contributed by atoms with Gasteiger partial charge in [-0.05, 0) is 43.3 Å². The molecule has 0 saturated heterocycles. The summed E-state index contributed by atoms with van der Waals surface area (Å²) in [5.41, 5.74) is 7.16. The highest BCUT2D eigenvalue weighted by Gasteiger charge is 2.16. The lowest BCUT2D eigenvalue weighted by atomic mass is 10.2. The number of hydrogen-bond donors (Lipinski definition) is 3. The molecule has 8 heteroatoms. The molecule has 0 heterocycles. The first kappa shape index (κ1) is 19.4. The van der Waals surface area contributed by atoms with Crippen LogP contribution < -0.4 is 16.4 Å². The van der Waals surface area contributed by atoms with Crippen LogP contribution >= 0.6 is 35.0 Å². The van der Waals surface area contributed by atoms with Crippen LogP contribution in [0.1, 0.15) is 13.8 Å². The molecule has 0 aromatic heterocycles. The molecule has 1 unspecified atom stereocenters. The highest BCUT2D eigenvalue weighted by Crippen LogP contribution is 2.32. The summed E-state index contributed by atoms with van der Waals surface area (Å²) in [7, 11) is 0. The number of benzene rings is 2. The summed E-state index contributed by atoms with van der Waals surface area (Å²) in [6.45, 7) is 3.24. The van der Waals surface area contributed by atoms with E-state index in [0.717, 1.165) is 4.90 Å². The zero-order valence-corrected chi connectivity index (χ0v) is 15.9. The van der Waals surface area contributed by atoms with E-state index in [1.54, 1.807) is 31.2 Å². The zero-order valence-electron chi connectivity index (χ0n) is 13.6. The number of halogens is 2. The van der Waals surface area contributed by atoms with E-state index in [9.17, 15) is 9.59 Å². The number of rotatable bonds is 5. The van der Waals surface area contributed by atoms with Gasteiger partial charge >= 0.3 is 0 Å². The molecular weight excluding hydrogens is 381 g/mol. The largest absolute Gasteiger partial charge is 0.396 e. The van der Waals surface area contributed by atoms with Gasteiger partial charge in [0.25, 0.3) is 0 Å². The molecule has 2 rings (SSSR count). The Morgan fingerprint density at radius 3 is 2.12 bits per heavy atom. The van der Waals surface area contributed by atoms with E-state index < -0.39 is 0 Å². The van der Waals surface area contributed by atoms with Crippen molar-refractivity contribution in [2.45, 2.75) is 24.0 Å². The molecule has 2 aromatic carbocycles. The minimum absolute atomic E-state index is 0.131. The molecule has 0 bridgehead atoms. The lowest BCUT2D eigenvalue weighted by Gasteiger charge is -2.13. The van der Waals surface area contributed by atoms with Crippen LogP contribution in [0.4, 0.5) is 17.1 Å². The Hall–Kier alpha value is -1.89. The van der Waals surface area contributed by atoms with E-state index in [1.807, 2.05) is 12.1 Å². The normalized spacial score (nSPS) is 11.7. The molecular formula is C17H17Cl2N3O2S. The predicted molar refractivity (Wildman–Crippen MR) is 106 cm³/mol. The molecule has 1 atom stereocenters. The summed E-state index contributed by atoms with van der Waals surface area (Å²) in [4.78, 5) is 24.2. The molecule has 0 radical (unpaired) electrons. The molecule has 0 fully saturated rings. The van der Waals surface area contributed by atoms with Gasteiger partial charge in [0.15, 0.2) is 0 Å². The number of anilines is 3. The highest BCUT2D eigenvalue weighted by atomic mass is 35.5. The van der Waals surface area contributed by atoms with Gasteiger partial charge in [0.2, 0.25) is 11.8 Å². The monoisotopic (exact) mass is 397 g/mol. The van der Waals surface area contributed by atoms with E-state index in [0.29, 0.717) is 11.4 Å². The van der Waals surface area contributed by atoms with Crippen LogP contribution in [0, 0.1) is 0 Å². The van der Waals surface area contributed by atoms with Gasteiger partial charge in [-0.15, -0.1) is 11.8 Å². The standard InChI is InChI=1S/C17H17Cl2N3O2S/c1-9(25-13-5-3-11(4-6-13)21-10(2)23)17(24)22-12-7-14(18)16(20)15(19)8-12/h3-9H,20H2,1-2H3,(H,21,23)(H,22,24). The van der Waals surface area contributed by atoms with Crippen LogP contribution in [0.25, 0.3) is 0 Å². The van der Waals surface area contributed by atoms with Gasteiger partial charge in [-0.3, -0.25) is 9.59 Å². The fourth-order valence-corrected chi connectivity index (χ4v) is 3.33. The molecule has 25 heavy (non-hydrogen) atoms. The SMILES string of the molecule is CC(=O)Nc1ccc(SC(C)C(=O)Nc2cc(Cl)c(N)c(Cl)c2)cc1. The molecule has 0 aliphatic heterocycles. The van der Waals surface area contributed by atoms with Crippen molar-refractivity contribution in [3.05, 3.63) is 46.4 Å². The average Bonchev–Trinajstić information content (AvgIpc) is 2.53. The smallest absolute Gasteiger partial charge is 0.237 e. The zero-order chi connectivity index (χ0) is 18.6. The van der Waals surface area contributed by atoms with E-state index in [-0.39, 0.29) is 32.8 Å². The van der Waals surface area contributed by atoms with E-state index in [4.69, 9.17) is 28.9 Å². The fourth-order valence-electron chi connectivity index (χ4n) is 1.98. The lowest BCUT2D eigenvalue weighted by Crippen LogP contribution is -2.22. The summed E-state index contributed by atoms with van der Waals surface area (Å²) in [5.74, 6) is -0.318. The molecule has 132 valence electrons. The topological polar surface area (TPSA) is 84.2 Å². The predicted octanol–water partition coefficient (Wildman–Crippen LogP) is 4.65. The van der Waals surface area contributed by atoms with Crippen LogP contribution in [-0.2, 0) is 9.59 Å². The number of nitrogen functional groups attached to an aromatic ring is 1. The molecule has 2 aromatic rings. The number of nitrogens with two attached hydrogens (primary N) is 1. The Morgan fingerprint density at radius 1 is 1.04 bits per heavy atom. The third kappa shape index (κ3) is 5.56. The van der Waals surface area contributed by atoms with Crippen LogP contribution in [-0.4, -0.2) is 17.1 Å². The van der Waals surface area contributed by atoms with Gasteiger partial charge in [-0.25, -0.2) is 0 Å². The van der Waals surface area contributed by atoms with Gasteiger partial charge < -0.3 is 16.4 Å². The molecule has 4 N–H and O–H groups in total. The fraction of sp³-hybridized carbons (Fsp3) is 0.176. The first-order valence-corrected chi connectivity index (χ1v) is 8.99. The van der Waals surface area contributed by atoms with E-state index >= 15 is 0 Å². The first-order valence-electron chi connectivity index (χ1n) is 7.36. The van der Waals surface area contributed by atoms with Crippen LogP contribution in [0.15, 0.2) is 41.3 Å². The van der Waals surface area contributed by atoms with Gasteiger partial charge in [0, 0.05) is 23.2 Å². The summed E-state index contributed by atoms with van der Waals surface area (Å²) < 4.78 is 0. The number of nitrogens with one attached hydrogen (secondary N) is 2. The number of thioether (sulfide) groups is 1. The number of amides is 2. The third-order valence-corrected chi connectivity index (χ3v) is 4.94.